The number of ether oxygens (including phenoxy) is 2. The van der Waals surface area contributed by atoms with E-state index in [0.29, 0.717) is 46.5 Å². The van der Waals surface area contributed by atoms with Crippen LogP contribution in [-0.2, 0) is 16.0 Å². The molecule has 0 aliphatic carbocycles. The second-order valence-electron chi connectivity index (χ2n) is 9.20. The number of hydrogen-bond donors (Lipinski definition) is 1. The molecule has 7 nitrogen and oxygen atoms in total. The van der Waals surface area contributed by atoms with Crippen molar-refractivity contribution in [3.05, 3.63) is 89.0 Å². The van der Waals surface area contributed by atoms with Crippen molar-refractivity contribution >= 4 is 44.1 Å². The first-order chi connectivity index (χ1) is 18.9. The van der Waals surface area contributed by atoms with E-state index in [1.807, 2.05) is 56.3 Å². The van der Waals surface area contributed by atoms with Crippen LogP contribution in [0.2, 0.25) is 0 Å². The Morgan fingerprint density at radius 1 is 0.949 bits per heavy atom. The molecule has 5 rings (SSSR count). The molecule has 1 aromatic heterocycles. The molecule has 4 aromatic rings. The first-order valence-corrected chi connectivity index (χ1v) is 13.9. The minimum absolute atomic E-state index is 0.0285. The number of thiazole rings is 1. The normalized spacial score (nSPS) is 16.7. The molecule has 0 bridgehead atoms. The lowest BCUT2D eigenvalue weighted by atomic mass is 9.94. The lowest BCUT2D eigenvalue weighted by molar-refractivity contribution is -0.132. The summed E-state index contributed by atoms with van der Waals surface area (Å²) in [6.07, 6.45) is 1.73. The number of rotatable bonds is 9. The van der Waals surface area contributed by atoms with Crippen molar-refractivity contribution in [1.29, 1.82) is 0 Å². The maximum atomic E-state index is 13.5. The highest BCUT2D eigenvalue weighted by Crippen LogP contribution is 2.44. The van der Waals surface area contributed by atoms with Crippen molar-refractivity contribution in [1.82, 2.24) is 4.98 Å². The van der Waals surface area contributed by atoms with E-state index in [4.69, 9.17) is 14.5 Å². The van der Waals surface area contributed by atoms with Gasteiger partial charge >= 0.3 is 5.91 Å². The zero-order valence-electron chi connectivity index (χ0n) is 22.1. The van der Waals surface area contributed by atoms with Gasteiger partial charge in [-0.2, -0.15) is 0 Å². The van der Waals surface area contributed by atoms with Crippen LogP contribution >= 0.6 is 11.3 Å². The highest BCUT2D eigenvalue weighted by atomic mass is 32.1. The Morgan fingerprint density at radius 3 is 2.33 bits per heavy atom. The third-order valence-corrected chi connectivity index (χ3v) is 7.63. The van der Waals surface area contributed by atoms with Crippen LogP contribution in [0.1, 0.15) is 49.9 Å². The molecule has 3 aromatic carbocycles. The van der Waals surface area contributed by atoms with E-state index in [9.17, 15) is 14.7 Å². The molecule has 1 saturated heterocycles. The smallest absolute Gasteiger partial charge is 0.301 e. The van der Waals surface area contributed by atoms with Gasteiger partial charge in [0.1, 0.15) is 17.3 Å². The Kier molecular flexibility index (Phi) is 7.65. The maximum absolute atomic E-state index is 13.5. The zero-order valence-corrected chi connectivity index (χ0v) is 23.0. The fraction of sp³-hybridized carbons (Fsp3) is 0.258. The average molecular weight is 543 g/mol. The van der Waals surface area contributed by atoms with Gasteiger partial charge in [0.2, 0.25) is 0 Å². The second-order valence-corrected chi connectivity index (χ2v) is 10.2. The highest BCUT2D eigenvalue weighted by Gasteiger charge is 2.48. The highest BCUT2D eigenvalue weighted by molar-refractivity contribution is 7.22. The molecule has 1 aliphatic rings. The minimum atomic E-state index is -0.834. The van der Waals surface area contributed by atoms with Gasteiger partial charge in [-0.1, -0.05) is 49.4 Å². The predicted octanol–water partition coefficient (Wildman–Crippen LogP) is 6.67. The van der Waals surface area contributed by atoms with Gasteiger partial charge in [0.25, 0.3) is 5.78 Å². The van der Waals surface area contributed by atoms with Gasteiger partial charge in [0.05, 0.1) is 35.0 Å². The summed E-state index contributed by atoms with van der Waals surface area (Å²) in [4.78, 5) is 33.1. The van der Waals surface area contributed by atoms with Crippen molar-refractivity contribution in [2.75, 3.05) is 18.1 Å². The molecule has 39 heavy (non-hydrogen) atoms. The number of Topliss-reactive ketones (excluding diaryl/α,β-unsaturated/α-hetero) is 1. The number of hydrogen-bond acceptors (Lipinski definition) is 7. The molecule has 0 radical (unpaired) electrons. The average Bonchev–Trinajstić information content (AvgIpc) is 3.49. The summed E-state index contributed by atoms with van der Waals surface area (Å²) in [5.41, 5.74) is 2.99. The van der Waals surface area contributed by atoms with Crippen molar-refractivity contribution in [3.63, 3.8) is 0 Å². The van der Waals surface area contributed by atoms with Crippen LogP contribution in [0.4, 0.5) is 5.13 Å². The number of aliphatic hydroxyl groups is 1. The van der Waals surface area contributed by atoms with Crippen LogP contribution in [-0.4, -0.2) is 35.0 Å². The molecule has 2 heterocycles. The number of aliphatic hydroxyl groups excluding tert-OH is 1. The predicted molar refractivity (Wildman–Crippen MR) is 154 cm³/mol. The summed E-state index contributed by atoms with van der Waals surface area (Å²) in [5.74, 6) is -0.338. The Balaban J connectivity index is 1.63. The van der Waals surface area contributed by atoms with E-state index < -0.39 is 17.7 Å². The molecule has 1 fully saturated rings. The summed E-state index contributed by atoms with van der Waals surface area (Å²) in [7, 11) is 0. The molecular formula is C31H30N2O5S. The quantitative estimate of drug-likeness (QED) is 0.144. The van der Waals surface area contributed by atoms with Crippen LogP contribution in [0.25, 0.3) is 16.0 Å². The van der Waals surface area contributed by atoms with Crippen LogP contribution in [0.5, 0.6) is 11.5 Å². The summed E-state index contributed by atoms with van der Waals surface area (Å²) >= 11 is 1.31. The number of carbonyl (C=O) groups excluding carboxylic acids is 2. The van der Waals surface area contributed by atoms with Gasteiger partial charge < -0.3 is 14.6 Å². The third-order valence-electron chi connectivity index (χ3n) is 6.61. The summed E-state index contributed by atoms with van der Waals surface area (Å²) in [6, 6.07) is 19.3. The van der Waals surface area contributed by atoms with Gasteiger partial charge in [-0.3, -0.25) is 14.5 Å². The number of aryl methyl sites for hydroxylation is 1. The van der Waals surface area contributed by atoms with E-state index in [1.165, 1.54) is 16.2 Å². The van der Waals surface area contributed by atoms with E-state index in [-0.39, 0.29) is 11.3 Å². The minimum Gasteiger partial charge on any atom is -0.507 e. The monoisotopic (exact) mass is 542 g/mol. The molecule has 0 spiro atoms. The maximum Gasteiger partial charge on any atom is 0.301 e. The SMILES string of the molecule is CCCOc1ccc(/C(O)=C2\C(=O)C(=O)N(c3nc4ccc(OCC)cc4s3)C2c2ccc(CC)cc2)cc1. The number of fused-ring (bicyclic) bond motifs is 1. The number of aromatic nitrogens is 1. The van der Waals surface area contributed by atoms with Crippen molar-refractivity contribution in [2.24, 2.45) is 0 Å². The van der Waals surface area contributed by atoms with Gasteiger partial charge in [0, 0.05) is 5.56 Å². The number of anilines is 1. The van der Waals surface area contributed by atoms with E-state index in [1.54, 1.807) is 24.3 Å². The number of benzene rings is 3. The lowest BCUT2D eigenvalue weighted by Crippen LogP contribution is -2.29. The van der Waals surface area contributed by atoms with Crippen molar-refractivity contribution in [2.45, 2.75) is 39.7 Å². The molecule has 8 heteroatoms. The Morgan fingerprint density at radius 2 is 1.67 bits per heavy atom. The number of nitrogens with zero attached hydrogens (tertiary/aromatic N) is 2. The molecule has 1 aliphatic heterocycles. The fourth-order valence-corrected chi connectivity index (χ4v) is 5.64. The van der Waals surface area contributed by atoms with Gasteiger partial charge in [-0.05, 0) is 73.4 Å². The lowest BCUT2D eigenvalue weighted by Gasteiger charge is -2.23. The first kappa shape index (κ1) is 26.4. The van der Waals surface area contributed by atoms with Gasteiger partial charge in [-0.15, -0.1) is 0 Å². The van der Waals surface area contributed by atoms with Crippen LogP contribution in [0.15, 0.2) is 72.3 Å². The number of ketones is 1. The van der Waals surface area contributed by atoms with Crippen LogP contribution < -0.4 is 14.4 Å². The summed E-state index contributed by atoms with van der Waals surface area (Å²) in [6.45, 7) is 7.11. The van der Waals surface area contributed by atoms with Crippen molar-refractivity contribution < 1.29 is 24.2 Å². The largest absolute Gasteiger partial charge is 0.507 e. The molecule has 0 saturated carbocycles. The zero-order chi connectivity index (χ0) is 27.5. The molecule has 1 atom stereocenters. The number of carbonyl (C=O) groups is 2. The molecule has 200 valence electrons. The molecular weight excluding hydrogens is 512 g/mol. The number of amides is 1. The summed E-state index contributed by atoms with van der Waals surface area (Å²) in [5, 5.41) is 11.8. The second kappa shape index (κ2) is 11.3. The van der Waals surface area contributed by atoms with E-state index in [2.05, 4.69) is 6.92 Å². The molecule has 1 amide bonds. The first-order valence-electron chi connectivity index (χ1n) is 13.1. The van der Waals surface area contributed by atoms with E-state index >= 15 is 0 Å². The van der Waals surface area contributed by atoms with Crippen LogP contribution in [0.3, 0.4) is 0 Å². The molecule has 1 N–H and O–H groups in total. The Hall–Kier alpha value is -4.17. The van der Waals surface area contributed by atoms with Gasteiger partial charge in [-0.25, -0.2) is 4.98 Å². The third kappa shape index (κ3) is 5.12. The van der Waals surface area contributed by atoms with Crippen molar-refractivity contribution in [3.8, 4) is 11.5 Å². The molecule has 1 unspecified atom stereocenters. The summed E-state index contributed by atoms with van der Waals surface area (Å²) < 4.78 is 12.1. The Labute approximate surface area is 231 Å². The van der Waals surface area contributed by atoms with E-state index in [0.717, 1.165) is 23.1 Å². The standard InChI is InChI=1S/C31H30N2O5S/c1-4-17-38-22-13-11-21(12-14-22)28(34)26-27(20-9-7-19(5-2)8-10-20)33(30(36)29(26)35)31-32-24-16-15-23(37-6-3)18-25(24)39-31/h7-16,18,27,34H,4-6,17H2,1-3H3/b28-26+. The Bertz CT molecular complexity index is 1540. The van der Waals surface area contributed by atoms with Crippen LogP contribution in [0, 0.1) is 0 Å². The fourth-order valence-electron chi connectivity index (χ4n) is 4.62. The topological polar surface area (TPSA) is 89.0 Å². The van der Waals surface area contributed by atoms with Gasteiger partial charge in [0.15, 0.2) is 5.13 Å².